The lowest BCUT2D eigenvalue weighted by Crippen LogP contribution is -2.50. The van der Waals surface area contributed by atoms with Gasteiger partial charge in [-0.25, -0.2) is 0 Å². The van der Waals surface area contributed by atoms with Crippen LogP contribution in [0, 0.1) is 0 Å². The fraction of sp³-hybridized carbons (Fsp3) is 0.312. The Balaban J connectivity index is 2.02. The molecule has 0 atom stereocenters. The average Bonchev–Trinajstić information content (AvgIpc) is 2.53. The maximum absolute atomic E-state index is 12.4. The van der Waals surface area contributed by atoms with E-state index in [-0.39, 0.29) is 11.8 Å². The van der Waals surface area contributed by atoms with Crippen molar-refractivity contribution in [3.63, 3.8) is 0 Å². The average molecular weight is 302 g/mol. The van der Waals surface area contributed by atoms with Gasteiger partial charge < -0.3 is 14.5 Å². The fourth-order valence-corrected chi connectivity index (χ4v) is 2.30. The van der Waals surface area contributed by atoms with E-state index in [4.69, 9.17) is 4.74 Å². The summed E-state index contributed by atoms with van der Waals surface area (Å²) in [7, 11) is 0. The summed E-state index contributed by atoms with van der Waals surface area (Å²) in [5, 5.41) is 0. The first kappa shape index (κ1) is 15.8. The second kappa shape index (κ2) is 6.89. The van der Waals surface area contributed by atoms with E-state index in [1.54, 1.807) is 34.1 Å². The van der Waals surface area contributed by atoms with Gasteiger partial charge in [-0.1, -0.05) is 12.6 Å². The van der Waals surface area contributed by atoms with Crippen LogP contribution in [0.15, 0.2) is 36.9 Å². The van der Waals surface area contributed by atoms with Gasteiger partial charge in [-0.05, 0) is 24.3 Å². The van der Waals surface area contributed by atoms with Gasteiger partial charge in [0.1, 0.15) is 5.75 Å². The van der Waals surface area contributed by atoms with E-state index in [0.29, 0.717) is 37.5 Å². The molecule has 22 heavy (non-hydrogen) atoms. The Hall–Kier alpha value is -2.63. The minimum Gasteiger partial charge on any atom is -0.427 e. The molecule has 116 valence electrons. The normalized spacial score (nSPS) is 14.4. The monoisotopic (exact) mass is 302 g/mol. The molecular weight excluding hydrogens is 284 g/mol. The molecule has 0 spiro atoms. The van der Waals surface area contributed by atoms with E-state index in [0.717, 1.165) is 0 Å². The van der Waals surface area contributed by atoms with Gasteiger partial charge in [-0.2, -0.15) is 0 Å². The van der Waals surface area contributed by atoms with Gasteiger partial charge in [-0.3, -0.25) is 14.4 Å². The van der Waals surface area contributed by atoms with Gasteiger partial charge in [0, 0.05) is 38.7 Å². The molecule has 6 nitrogen and oxygen atoms in total. The molecule has 1 aromatic carbocycles. The van der Waals surface area contributed by atoms with Crippen LogP contribution in [0.2, 0.25) is 0 Å². The van der Waals surface area contributed by atoms with E-state index in [2.05, 4.69) is 6.58 Å². The number of esters is 1. The van der Waals surface area contributed by atoms with Crippen molar-refractivity contribution >= 4 is 17.8 Å². The SMILES string of the molecule is C=CC(=O)N1CCN(C(=O)c2cccc(OC(C)=O)c2)CC1. The molecule has 0 unspecified atom stereocenters. The van der Waals surface area contributed by atoms with Crippen molar-refractivity contribution in [1.82, 2.24) is 9.80 Å². The second-order valence-electron chi connectivity index (χ2n) is 4.94. The summed E-state index contributed by atoms with van der Waals surface area (Å²) in [4.78, 5) is 38.3. The number of piperazine rings is 1. The van der Waals surface area contributed by atoms with Crippen molar-refractivity contribution < 1.29 is 19.1 Å². The lowest BCUT2D eigenvalue weighted by atomic mass is 10.1. The number of carbonyl (C=O) groups excluding carboxylic acids is 3. The minimum atomic E-state index is -0.429. The van der Waals surface area contributed by atoms with Crippen LogP contribution in [0.25, 0.3) is 0 Å². The molecule has 0 bridgehead atoms. The first-order valence-electron chi connectivity index (χ1n) is 7.00. The molecule has 1 aromatic rings. The molecule has 1 aliphatic heterocycles. The summed E-state index contributed by atoms with van der Waals surface area (Å²) in [6, 6.07) is 6.52. The summed E-state index contributed by atoms with van der Waals surface area (Å²) in [6.45, 7) is 6.68. The highest BCUT2D eigenvalue weighted by atomic mass is 16.5. The van der Waals surface area contributed by atoms with Crippen LogP contribution < -0.4 is 4.74 Å². The summed E-state index contributed by atoms with van der Waals surface area (Å²) in [5.41, 5.74) is 0.460. The number of nitrogens with zero attached hydrogens (tertiary/aromatic N) is 2. The molecule has 1 fully saturated rings. The van der Waals surface area contributed by atoms with E-state index >= 15 is 0 Å². The van der Waals surface area contributed by atoms with E-state index < -0.39 is 5.97 Å². The summed E-state index contributed by atoms with van der Waals surface area (Å²) in [6.07, 6.45) is 1.28. The van der Waals surface area contributed by atoms with Gasteiger partial charge in [0.05, 0.1) is 0 Å². The highest BCUT2D eigenvalue weighted by Gasteiger charge is 2.23. The Morgan fingerprint density at radius 1 is 1.14 bits per heavy atom. The van der Waals surface area contributed by atoms with Gasteiger partial charge in [0.25, 0.3) is 5.91 Å². The third-order valence-corrected chi connectivity index (χ3v) is 3.40. The van der Waals surface area contributed by atoms with Crippen molar-refractivity contribution in [3.05, 3.63) is 42.5 Å². The molecule has 0 aliphatic carbocycles. The molecule has 1 heterocycles. The fourth-order valence-electron chi connectivity index (χ4n) is 2.30. The lowest BCUT2D eigenvalue weighted by Gasteiger charge is -2.34. The third-order valence-electron chi connectivity index (χ3n) is 3.40. The van der Waals surface area contributed by atoms with Crippen LogP contribution >= 0.6 is 0 Å². The highest BCUT2D eigenvalue weighted by Crippen LogP contribution is 2.16. The number of hydrogen-bond donors (Lipinski definition) is 0. The zero-order valence-electron chi connectivity index (χ0n) is 12.4. The predicted octanol–water partition coefficient (Wildman–Crippen LogP) is 1.08. The highest BCUT2D eigenvalue weighted by molar-refractivity contribution is 5.95. The molecule has 0 aromatic heterocycles. The second-order valence-corrected chi connectivity index (χ2v) is 4.94. The first-order valence-corrected chi connectivity index (χ1v) is 7.00. The van der Waals surface area contributed by atoms with Gasteiger partial charge in [-0.15, -0.1) is 0 Å². The molecule has 1 aliphatic rings. The molecule has 1 saturated heterocycles. The van der Waals surface area contributed by atoms with Crippen LogP contribution in [-0.4, -0.2) is 53.8 Å². The summed E-state index contributed by atoms with van der Waals surface area (Å²) >= 11 is 0. The Labute approximate surface area is 129 Å². The summed E-state index contributed by atoms with van der Waals surface area (Å²) in [5.74, 6) is -0.344. The lowest BCUT2D eigenvalue weighted by molar-refractivity contribution is -0.132. The standard InChI is InChI=1S/C16H18N2O4/c1-3-15(20)17-7-9-18(10-8-17)16(21)13-5-4-6-14(11-13)22-12(2)19/h3-6,11H,1,7-10H2,2H3. The van der Waals surface area contributed by atoms with Crippen molar-refractivity contribution in [2.45, 2.75) is 6.92 Å². The van der Waals surface area contributed by atoms with E-state index in [1.807, 2.05) is 0 Å². The number of carbonyl (C=O) groups is 3. The Bertz CT molecular complexity index is 604. The maximum atomic E-state index is 12.4. The zero-order chi connectivity index (χ0) is 16.1. The van der Waals surface area contributed by atoms with Crippen molar-refractivity contribution in [3.8, 4) is 5.75 Å². The predicted molar refractivity (Wildman–Crippen MR) is 80.4 cm³/mol. The Morgan fingerprint density at radius 2 is 1.77 bits per heavy atom. The van der Waals surface area contributed by atoms with Gasteiger partial charge >= 0.3 is 5.97 Å². The summed E-state index contributed by atoms with van der Waals surface area (Å²) < 4.78 is 4.98. The number of rotatable bonds is 3. The van der Waals surface area contributed by atoms with E-state index in [1.165, 1.54) is 13.0 Å². The topological polar surface area (TPSA) is 66.9 Å². The number of hydrogen-bond acceptors (Lipinski definition) is 4. The molecular formula is C16H18N2O4. The first-order chi connectivity index (χ1) is 10.5. The molecule has 2 rings (SSSR count). The van der Waals surface area contributed by atoms with Crippen LogP contribution in [0.1, 0.15) is 17.3 Å². The molecule has 2 amide bonds. The quantitative estimate of drug-likeness (QED) is 0.476. The van der Waals surface area contributed by atoms with Crippen molar-refractivity contribution in [2.24, 2.45) is 0 Å². The van der Waals surface area contributed by atoms with E-state index in [9.17, 15) is 14.4 Å². The Kier molecular flexibility index (Phi) is 4.93. The van der Waals surface area contributed by atoms with Crippen LogP contribution in [0.5, 0.6) is 5.75 Å². The number of amides is 2. The molecule has 0 saturated carbocycles. The number of ether oxygens (including phenoxy) is 1. The van der Waals surface area contributed by atoms with Crippen molar-refractivity contribution in [1.29, 1.82) is 0 Å². The number of benzene rings is 1. The molecule has 6 heteroatoms. The van der Waals surface area contributed by atoms with Crippen LogP contribution in [-0.2, 0) is 9.59 Å². The van der Waals surface area contributed by atoms with Gasteiger partial charge in [0.15, 0.2) is 0 Å². The van der Waals surface area contributed by atoms with Crippen LogP contribution in [0.3, 0.4) is 0 Å². The largest absolute Gasteiger partial charge is 0.427 e. The molecule has 0 N–H and O–H groups in total. The van der Waals surface area contributed by atoms with Crippen molar-refractivity contribution in [2.75, 3.05) is 26.2 Å². The maximum Gasteiger partial charge on any atom is 0.308 e. The Morgan fingerprint density at radius 3 is 2.36 bits per heavy atom. The third kappa shape index (κ3) is 3.72. The van der Waals surface area contributed by atoms with Gasteiger partial charge in [0.2, 0.25) is 5.91 Å². The minimum absolute atomic E-state index is 0.121. The smallest absolute Gasteiger partial charge is 0.308 e. The molecule has 0 radical (unpaired) electrons. The van der Waals surface area contributed by atoms with Crippen LogP contribution in [0.4, 0.5) is 0 Å². The zero-order valence-corrected chi connectivity index (χ0v) is 12.4.